The van der Waals surface area contributed by atoms with E-state index in [1.54, 1.807) is 11.4 Å². The van der Waals surface area contributed by atoms with Crippen molar-refractivity contribution >= 4 is 11.3 Å². The van der Waals surface area contributed by atoms with Crippen LogP contribution in [0.1, 0.15) is 17.7 Å². The predicted octanol–water partition coefficient (Wildman–Crippen LogP) is 4.32. The Morgan fingerprint density at radius 3 is 2.72 bits per heavy atom. The number of aromatic nitrogens is 1. The molecule has 0 N–H and O–H groups in total. The smallest absolute Gasteiger partial charge is 0.351 e. The average molecular weight is 279 g/mol. The van der Waals surface area contributed by atoms with E-state index in [0.29, 0.717) is 17.7 Å². The maximum absolute atomic E-state index is 12.4. The van der Waals surface area contributed by atoms with Crippen LogP contribution < -0.4 is 0 Å². The minimum Gasteiger partial charge on any atom is -0.351 e. The zero-order valence-electron chi connectivity index (χ0n) is 9.13. The summed E-state index contributed by atoms with van der Waals surface area (Å²) in [4.78, 5) is 0.600. The molecule has 0 radical (unpaired) electrons. The van der Waals surface area contributed by atoms with Crippen molar-refractivity contribution in [2.24, 2.45) is 0 Å². The van der Waals surface area contributed by atoms with Gasteiger partial charge in [0.05, 0.1) is 11.6 Å². The van der Waals surface area contributed by atoms with Crippen LogP contribution in [0.2, 0.25) is 0 Å². The molecule has 0 amide bonds. The number of hydrogen-bond acceptors (Lipinski definition) is 3. The first kappa shape index (κ1) is 13.1. The number of thiophene rings is 1. The van der Waals surface area contributed by atoms with E-state index in [1.165, 1.54) is 11.3 Å². The molecule has 18 heavy (non-hydrogen) atoms. The first-order valence-electron chi connectivity index (χ1n) is 5.19. The monoisotopic (exact) mass is 279 g/mol. The van der Waals surface area contributed by atoms with Crippen molar-refractivity contribution < 1.29 is 22.1 Å². The Balaban J connectivity index is 2.26. The second-order valence-corrected chi connectivity index (χ2v) is 4.56. The van der Waals surface area contributed by atoms with E-state index < -0.39 is 18.6 Å². The van der Waals surface area contributed by atoms with Crippen molar-refractivity contribution in [2.45, 2.75) is 19.0 Å². The van der Waals surface area contributed by atoms with E-state index in [0.717, 1.165) is 11.6 Å². The third kappa shape index (κ3) is 2.72. The van der Waals surface area contributed by atoms with Gasteiger partial charge in [-0.25, -0.2) is 0 Å². The molecule has 0 aliphatic heterocycles. The molecule has 2 aromatic heterocycles. The van der Waals surface area contributed by atoms with E-state index >= 15 is 0 Å². The molecule has 2 aromatic rings. The van der Waals surface area contributed by atoms with Crippen LogP contribution in [0.15, 0.2) is 22.0 Å². The predicted molar refractivity (Wildman–Crippen MR) is 59.1 cm³/mol. The highest BCUT2D eigenvalue weighted by atomic mass is 32.1. The van der Waals surface area contributed by atoms with Crippen molar-refractivity contribution in [1.29, 1.82) is 0 Å². The normalized spacial score (nSPS) is 12.0. The number of halogens is 4. The van der Waals surface area contributed by atoms with Crippen molar-refractivity contribution in [3.63, 3.8) is 0 Å². The van der Waals surface area contributed by atoms with Gasteiger partial charge in [0.1, 0.15) is 5.69 Å². The van der Waals surface area contributed by atoms with E-state index in [2.05, 4.69) is 9.68 Å². The number of rotatable bonds is 4. The summed E-state index contributed by atoms with van der Waals surface area (Å²) in [6.45, 7) is -0.456. The fourth-order valence-electron chi connectivity index (χ4n) is 1.53. The molecule has 0 saturated heterocycles. The highest BCUT2D eigenvalue weighted by molar-refractivity contribution is 7.13. The highest BCUT2D eigenvalue weighted by Gasteiger charge is 2.36. The number of hydrogen-bond donors (Lipinski definition) is 0. The van der Waals surface area contributed by atoms with E-state index in [1.807, 2.05) is 0 Å². The topological polar surface area (TPSA) is 26.0 Å². The molecular weight excluding hydrogens is 270 g/mol. The maximum atomic E-state index is 12.4. The fourth-order valence-corrected chi connectivity index (χ4v) is 2.44. The van der Waals surface area contributed by atoms with Gasteiger partial charge in [-0.3, -0.25) is 4.39 Å². The zero-order chi connectivity index (χ0) is 13.2. The summed E-state index contributed by atoms with van der Waals surface area (Å²) in [5.74, 6) is -1.12. The van der Waals surface area contributed by atoms with Crippen LogP contribution in [-0.4, -0.2) is 11.8 Å². The summed E-state index contributed by atoms with van der Waals surface area (Å²) < 4.78 is 53.5. The first-order valence-corrected chi connectivity index (χ1v) is 6.07. The third-order valence-corrected chi connectivity index (χ3v) is 3.33. The molecule has 0 saturated carbocycles. The second kappa shape index (κ2) is 5.09. The molecule has 0 aromatic carbocycles. The number of alkyl halides is 4. The lowest BCUT2D eigenvalue weighted by atomic mass is 10.1. The van der Waals surface area contributed by atoms with Crippen LogP contribution in [0.4, 0.5) is 17.6 Å². The van der Waals surface area contributed by atoms with Crippen LogP contribution in [0.25, 0.3) is 10.6 Å². The minimum absolute atomic E-state index is 0.145. The van der Waals surface area contributed by atoms with Crippen LogP contribution in [0.3, 0.4) is 0 Å². The van der Waals surface area contributed by atoms with Gasteiger partial charge < -0.3 is 4.52 Å². The average Bonchev–Trinajstić information content (AvgIpc) is 2.93. The summed E-state index contributed by atoms with van der Waals surface area (Å²) in [6.07, 6.45) is -3.72. The number of nitrogens with zero attached hydrogens (tertiary/aromatic N) is 1. The lowest BCUT2D eigenvalue weighted by Crippen LogP contribution is -2.02. The van der Waals surface area contributed by atoms with Gasteiger partial charge in [-0.2, -0.15) is 13.2 Å². The van der Waals surface area contributed by atoms with E-state index in [9.17, 15) is 17.6 Å². The van der Waals surface area contributed by atoms with E-state index in [-0.39, 0.29) is 5.69 Å². The molecule has 0 unspecified atom stereocenters. The molecule has 2 heterocycles. The lowest BCUT2D eigenvalue weighted by molar-refractivity contribution is -0.155. The van der Waals surface area contributed by atoms with Gasteiger partial charge in [0.2, 0.25) is 5.76 Å². The van der Waals surface area contributed by atoms with Gasteiger partial charge in [-0.15, -0.1) is 11.3 Å². The fraction of sp³-hybridized carbons (Fsp3) is 0.364. The van der Waals surface area contributed by atoms with Crippen LogP contribution in [-0.2, 0) is 12.6 Å². The largest absolute Gasteiger partial charge is 0.452 e. The van der Waals surface area contributed by atoms with Gasteiger partial charge in [0, 0.05) is 6.07 Å². The van der Waals surface area contributed by atoms with Crippen LogP contribution in [0, 0.1) is 0 Å². The Morgan fingerprint density at radius 2 is 2.11 bits per heavy atom. The summed E-state index contributed by atoms with van der Waals surface area (Å²) in [7, 11) is 0. The van der Waals surface area contributed by atoms with Crippen molar-refractivity contribution in [1.82, 2.24) is 5.16 Å². The van der Waals surface area contributed by atoms with Gasteiger partial charge in [-0.05, 0) is 29.9 Å². The minimum atomic E-state index is -4.54. The molecule has 98 valence electrons. The highest BCUT2D eigenvalue weighted by Crippen LogP contribution is 2.35. The Kier molecular flexibility index (Phi) is 3.70. The second-order valence-electron chi connectivity index (χ2n) is 3.64. The Bertz CT molecular complexity index is 517. The molecule has 0 atom stereocenters. The van der Waals surface area contributed by atoms with Gasteiger partial charge in [-0.1, -0.05) is 5.16 Å². The molecule has 0 fully saturated rings. The van der Waals surface area contributed by atoms with Crippen molar-refractivity contribution in [2.75, 3.05) is 6.67 Å². The summed E-state index contributed by atoms with van der Waals surface area (Å²) in [5.41, 5.74) is 0.936. The van der Waals surface area contributed by atoms with Crippen LogP contribution in [0.5, 0.6) is 0 Å². The quantitative estimate of drug-likeness (QED) is 0.779. The van der Waals surface area contributed by atoms with Crippen molar-refractivity contribution in [3.8, 4) is 10.6 Å². The standard InChI is InChI=1S/C11H9F4NOS/c12-4-1-2-7-3-5-18-10(7)8-6-9(17-16-8)11(13,14)15/h3,5-6H,1-2,4H2. The zero-order valence-corrected chi connectivity index (χ0v) is 9.95. The summed E-state index contributed by atoms with van der Waals surface area (Å²) >= 11 is 1.26. The van der Waals surface area contributed by atoms with Gasteiger partial charge in [0.15, 0.2) is 0 Å². The van der Waals surface area contributed by atoms with Crippen molar-refractivity contribution in [3.05, 3.63) is 28.8 Å². The SMILES string of the molecule is FCCCc1ccsc1-c1cc(C(F)(F)F)on1. The molecule has 2 nitrogen and oxygen atoms in total. The molecule has 0 bridgehead atoms. The molecule has 7 heteroatoms. The lowest BCUT2D eigenvalue weighted by Gasteiger charge is -1.98. The molecule has 0 spiro atoms. The molecular formula is C11H9F4NOS. The summed E-state index contributed by atoms with van der Waals surface area (Å²) in [5, 5.41) is 5.16. The molecule has 0 aliphatic carbocycles. The first-order chi connectivity index (χ1) is 8.52. The number of aryl methyl sites for hydroxylation is 1. The summed E-state index contributed by atoms with van der Waals surface area (Å²) in [6, 6.07) is 2.63. The van der Waals surface area contributed by atoms with E-state index in [4.69, 9.17) is 0 Å². The van der Waals surface area contributed by atoms with Crippen LogP contribution >= 0.6 is 11.3 Å². The van der Waals surface area contributed by atoms with Gasteiger partial charge >= 0.3 is 6.18 Å². The van der Waals surface area contributed by atoms with Gasteiger partial charge in [0.25, 0.3) is 0 Å². The third-order valence-electron chi connectivity index (χ3n) is 2.35. The Labute approximate surface area is 104 Å². The molecule has 0 aliphatic rings. The molecule has 2 rings (SSSR count). The Hall–Kier alpha value is -1.37. The maximum Gasteiger partial charge on any atom is 0.452 e. The Morgan fingerprint density at radius 1 is 1.33 bits per heavy atom.